The first-order valence-corrected chi connectivity index (χ1v) is 9.73. The number of fused-ring (bicyclic) bond motifs is 1. The number of rotatable bonds is 5. The van der Waals surface area contributed by atoms with Crippen LogP contribution in [0.2, 0.25) is 10.0 Å². The van der Waals surface area contributed by atoms with Crippen LogP contribution in [0.1, 0.15) is 11.1 Å². The average molecular weight is 440 g/mol. The van der Waals surface area contributed by atoms with E-state index in [1.807, 2.05) is 6.07 Å². The van der Waals surface area contributed by atoms with Gasteiger partial charge >= 0.3 is 5.69 Å². The molecular formula is C22H15Cl2N3O3. The molecule has 8 heteroatoms. The Bertz CT molecular complexity index is 1380. The standard InChI is InChI=1S/C22H15Cl2N3O3/c23-16-10-9-15(18(24)11-16)13-30-20-8-4-1-5-14(20)12-25-27-21(28)17-6-2-3-7-19(17)26-22(27)29/h1-12H,13H2,(H,26,29). The normalized spacial score (nSPS) is 11.3. The molecule has 0 bridgehead atoms. The number of para-hydroxylation sites is 2. The van der Waals surface area contributed by atoms with Gasteiger partial charge in [0.25, 0.3) is 5.56 Å². The predicted octanol–water partition coefficient (Wildman–Crippen LogP) is 4.46. The number of nitrogens with one attached hydrogen (secondary N) is 1. The van der Waals surface area contributed by atoms with Gasteiger partial charge in [-0.15, -0.1) is 4.68 Å². The lowest BCUT2D eigenvalue weighted by Crippen LogP contribution is -2.32. The number of aromatic nitrogens is 2. The number of nitrogens with zero attached hydrogens (tertiary/aromatic N) is 2. The fraction of sp³-hybridized carbons (Fsp3) is 0.0455. The van der Waals surface area contributed by atoms with E-state index in [1.54, 1.807) is 60.7 Å². The zero-order chi connectivity index (χ0) is 21.1. The van der Waals surface area contributed by atoms with Crippen molar-refractivity contribution in [3.8, 4) is 5.75 Å². The maximum absolute atomic E-state index is 12.6. The predicted molar refractivity (Wildman–Crippen MR) is 119 cm³/mol. The SMILES string of the molecule is O=c1[nH]c2ccccc2c(=O)n1N=Cc1ccccc1OCc1ccc(Cl)cc1Cl. The molecule has 4 aromatic rings. The lowest BCUT2D eigenvalue weighted by Gasteiger charge is -2.10. The lowest BCUT2D eigenvalue weighted by atomic mass is 10.2. The topological polar surface area (TPSA) is 76.5 Å². The largest absolute Gasteiger partial charge is 0.488 e. The second kappa shape index (κ2) is 8.57. The molecular weight excluding hydrogens is 425 g/mol. The molecule has 150 valence electrons. The summed E-state index contributed by atoms with van der Waals surface area (Å²) < 4.78 is 6.66. The van der Waals surface area contributed by atoms with E-state index in [0.717, 1.165) is 10.2 Å². The summed E-state index contributed by atoms with van der Waals surface area (Å²) in [5, 5.41) is 5.50. The van der Waals surface area contributed by atoms with Gasteiger partial charge in [-0.1, -0.05) is 53.5 Å². The van der Waals surface area contributed by atoms with E-state index in [0.29, 0.717) is 32.3 Å². The quantitative estimate of drug-likeness (QED) is 0.466. The molecule has 0 fully saturated rings. The molecule has 0 spiro atoms. The van der Waals surface area contributed by atoms with Crippen molar-refractivity contribution in [3.63, 3.8) is 0 Å². The molecule has 0 aliphatic heterocycles. The molecule has 0 saturated carbocycles. The second-order valence-electron chi connectivity index (χ2n) is 6.40. The highest BCUT2D eigenvalue weighted by molar-refractivity contribution is 6.35. The number of aromatic amines is 1. The number of halogens is 2. The van der Waals surface area contributed by atoms with Gasteiger partial charge in [0.15, 0.2) is 0 Å². The van der Waals surface area contributed by atoms with Crippen LogP contribution in [0.15, 0.2) is 81.4 Å². The van der Waals surface area contributed by atoms with E-state index in [9.17, 15) is 9.59 Å². The minimum Gasteiger partial charge on any atom is -0.488 e. The van der Waals surface area contributed by atoms with Gasteiger partial charge in [0.1, 0.15) is 12.4 Å². The van der Waals surface area contributed by atoms with Crippen LogP contribution in [0, 0.1) is 0 Å². The first kappa shape index (κ1) is 19.9. The van der Waals surface area contributed by atoms with Crippen LogP contribution in [0.3, 0.4) is 0 Å². The van der Waals surface area contributed by atoms with Crippen molar-refractivity contribution in [2.75, 3.05) is 0 Å². The Balaban J connectivity index is 1.63. The Morgan fingerprint density at radius 2 is 1.77 bits per heavy atom. The van der Waals surface area contributed by atoms with Crippen molar-refractivity contribution in [3.05, 3.63) is 109 Å². The highest BCUT2D eigenvalue weighted by Gasteiger charge is 2.08. The fourth-order valence-electron chi connectivity index (χ4n) is 2.89. The molecule has 1 heterocycles. The zero-order valence-corrected chi connectivity index (χ0v) is 17.0. The molecule has 3 aromatic carbocycles. The van der Waals surface area contributed by atoms with Gasteiger partial charge in [-0.2, -0.15) is 5.10 Å². The molecule has 1 aromatic heterocycles. The van der Waals surface area contributed by atoms with Crippen LogP contribution >= 0.6 is 23.2 Å². The van der Waals surface area contributed by atoms with Crippen molar-refractivity contribution in [1.29, 1.82) is 0 Å². The number of benzene rings is 3. The van der Waals surface area contributed by atoms with Crippen molar-refractivity contribution in [2.45, 2.75) is 6.61 Å². The first-order chi connectivity index (χ1) is 14.5. The zero-order valence-electron chi connectivity index (χ0n) is 15.5. The van der Waals surface area contributed by atoms with Crippen LogP contribution < -0.4 is 16.0 Å². The van der Waals surface area contributed by atoms with Crippen LogP contribution in [-0.4, -0.2) is 15.9 Å². The molecule has 0 amide bonds. The lowest BCUT2D eigenvalue weighted by molar-refractivity contribution is 0.306. The van der Waals surface area contributed by atoms with Crippen LogP contribution in [0.5, 0.6) is 5.75 Å². The third kappa shape index (κ3) is 4.15. The van der Waals surface area contributed by atoms with Gasteiger partial charge in [0.05, 0.1) is 17.1 Å². The van der Waals surface area contributed by atoms with Gasteiger partial charge < -0.3 is 9.72 Å². The highest BCUT2D eigenvalue weighted by Crippen LogP contribution is 2.24. The molecule has 0 saturated heterocycles. The number of H-pyrrole nitrogens is 1. The van der Waals surface area contributed by atoms with Crippen molar-refractivity contribution in [1.82, 2.24) is 9.66 Å². The summed E-state index contributed by atoms with van der Waals surface area (Å²) in [6, 6.07) is 19.1. The first-order valence-electron chi connectivity index (χ1n) is 8.97. The smallest absolute Gasteiger partial charge is 0.349 e. The monoisotopic (exact) mass is 439 g/mol. The van der Waals surface area contributed by atoms with E-state index >= 15 is 0 Å². The Morgan fingerprint density at radius 1 is 1.00 bits per heavy atom. The van der Waals surface area contributed by atoms with E-state index in [2.05, 4.69) is 10.1 Å². The van der Waals surface area contributed by atoms with Crippen molar-refractivity contribution >= 4 is 40.3 Å². The second-order valence-corrected chi connectivity index (χ2v) is 7.24. The average Bonchev–Trinajstić information content (AvgIpc) is 2.74. The molecule has 0 atom stereocenters. The van der Waals surface area contributed by atoms with Crippen LogP contribution in [0.25, 0.3) is 10.9 Å². The van der Waals surface area contributed by atoms with Gasteiger partial charge in [0, 0.05) is 21.2 Å². The van der Waals surface area contributed by atoms with Crippen molar-refractivity contribution in [2.24, 2.45) is 5.10 Å². The van der Waals surface area contributed by atoms with E-state index in [-0.39, 0.29) is 6.61 Å². The molecule has 0 aliphatic carbocycles. The van der Waals surface area contributed by atoms with Crippen molar-refractivity contribution < 1.29 is 4.74 Å². The van der Waals surface area contributed by atoms with Gasteiger partial charge in [-0.25, -0.2) is 4.79 Å². The third-order valence-corrected chi connectivity index (χ3v) is 5.00. The van der Waals surface area contributed by atoms with Crippen LogP contribution in [-0.2, 0) is 6.61 Å². The molecule has 6 nitrogen and oxygen atoms in total. The summed E-state index contributed by atoms with van der Waals surface area (Å²) in [4.78, 5) is 27.5. The van der Waals surface area contributed by atoms with Gasteiger partial charge in [-0.3, -0.25) is 4.79 Å². The Morgan fingerprint density at radius 3 is 2.60 bits per heavy atom. The Labute approximate surface area is 181 Å². The summed E-state index contributed by atoms with van der Waals surface area (Å²) in [7, 11) is 0. The summed E-state index contributed by atoms with van der Waals surface area (Å²) in [5.74, 6) is 0.525. The summed E-state index contributed by atoms with van der Waals surface area (Å²) >= 11 is 12.1. The van der Waals surface area contributed by atoms with E-state index < -0.39 is 11.2 Å². The van der Waals surface area contributed by atoms with E-state index in [4.69, 9.17) is 27.9 Å². The highest BCUT2D eigenvalue weighted by atomic mass is 35.5. The Hall–Kier alpha value is -3.35. The third-order valence-electron chi connectivity index (χ3n) is 4.41. The Kier molecular flexibility index (Phi) is 5.70. The molecule has 1 N–H and O–H groups in total. The maximum atomic E-state index is 12.6. The van der Waals surface area contributed by atoms with Gasteiger partial charge in [-0.05, 0) is 36.4 Å². The molecule has 0 radical (unpaired) electrons. The molecule has 0 aliphatic rings. The summed E-state index contributed by atoms with van der Waals surface area (Å²) in [6.07, 6.45) is 1.41. The molecule has 30 heavy (non-hydrogen) atoms. The number of ether oxygens (including phenoxy) is 1. The maximum Gasteiger partial charge on any atom is 0.349 e. The van der Waals surface area contributed by atoms with E-state index in [1.165, 1.54) is 6.21 Å². The molecule has 4 rings (SSSR count). The molecule has 0 unspecified atom stereocenters. The number of hydrogen-bond donors (Lipinski definition) is 1. The van der Waals surface area contributed by atoms with Gasteiger partial charge in [0.2, 0.25) is 0 Å². The fourth-order valence-corrected chi connectivity index (χ4v) is 3.35. The number of hydrogen-bond acceptors (Lipinski definition) is 4. The summed E-state index contributed by atoms with van der Waals surface area (Å²) in [5.41, 5.74) is 0.706. The minimum absolute atomic E-state index is 0.220. The van der Waals surface area contributed by atoms with Crippen LogP contribution in [0.4, 0.5) is 0 Å². The minimum atomic E-state index is -0.624. The summed E-state index contributed by atoms with van der Waals surface area (Å²) in [6.45, 7) is 0.220.